The van der Waals surface area contributed by atoms with Crippen LogP contribution in [0.3, 0.4) is 0 Å². The largest absolute Gasteiger partial charge is 0.493 e. The van der Waals surface area contributed by atoms with Gasteiger partial charge >= 0.3 is 0 Å². The number of carbonyl (C=O) groups is 1. The molecule has 1 fully saturated rings. The van der Waals surface area contributed by atoms with E-state index in [-0.39, 0.29) is 5.91 Å². The molecule has 4 aromatic rings. The molecule has 0 radical (unpaired) electrons. The molecular weight excluding hydrogens is 474 g/mol. The Morgan fingerprint density at radius 1 is 1.09 bits per heavy atom. The summed E-state index contributed by atoms with van der Waals surface area (Å²) in [5.74, 6) is 0.867. The van der Waals surface area contributed by atoms with Crippen LogP contribution in [0.5, 0.6) is 5.75 Å². The SMILES string of the molecule is Cc1ccccc1OCCCn1cc(/C=C2\SC(=S)N(Cc3cccnc3)C2=O)c2ccccc21. The van der Waals surface area contributed by atoms with E-state index in [1.165, 1.54) is 11.8 Å². The van der Waals surface area contributed by atoms with Gasteiger partial charge in [0.15, 0.2) is 0 Å². The van der Waals surface area contributed by atoms with Crippen molar-refractivity contribution in [3.05, 3.63) is 101 Å². The number of para-hydroxylation sites is 2. The highest BCUT2D eigenvalue weighted by Gasteiger charge is 2.32. The second-order valence-electron chi connectivity index (χ2n) is 8.39. The smallest absolute Gasteiger partial charge is 0.266 e. The van der Waals surface area contributed by atoms with Gasteiger partial charge in [0, 0.05) is 41.6 Å². The quantitative estimate of drug-likeness (QED) is 0.164. The van der Waals surface area contributed by atoms with Gasteiger partial charge in [0.2, 0.25) is 0 Å². The van der Waals surface area contributed by atoms with E-state index in [2.05, 4.69) is 40.9 Å². The molecule has 3 heterocycles. The van der Waals surface area contributed by atoms with Crippen molar-refractivity contribution in [3.63, 3.8) is 0 Å². The lowest BCUT2D eigenvalue weighted by atomic mass is 10.1. The number of amides is 1. The molecule has 1 aliphatic rings. The fourth-order valence-corrected chi connectivity index (χ4v) is 5.41. The van der Waals surface area contributed by atoms with Crippen LogP contribution in [-0.4, -0.2) is 31.3 Å². The molecule has 2 aromatic carbocycles. The van der Waals surface area contributed by atoms with Crippen LogP contribution in [0.15, 0.2) is 84.2 Å². The Morgan fingerprint density at radius 2 is 1.91 bits per heavy atom. The summed E-state index contributed by atoms with van der Waals surface area (Å²) in [7, 11) is 0. The summed E-state index contributed by atoms with van der Waals surface area (Å²) >= 11 is 6.87. The van der Waals surface area contributed by atoms with Crippen molar-refractivity contribution < 1.29 is 9.53 Å². The molecule has 35 heavy (non-hydrogen) atoms. The zero-order valence-electron chi connectivity index (χ0n) is 19.4. The third-order valence-corrected chi connectivity index (χ3v) is 7.32. The van der Waals surface area contributed by atoms with Crippen LogP contribution in [-0.2, 0) is 17.9 Å². The zero-order chi connectivity index (χ0) is 24.2. The van der Waals surface area contributed by atoms with E-state index in [0.717, 1.165) is 46.3 Å². The lowest BCUT2D eigenvalue weighted by Crippen LogP contribution is -2.27. The monoisotopic (exact) mass is 499 g/mol. The van der Waals surface area contributed by atoms with Gasteiger partial charge < -0.3 is 9.30 Å². The number of nitrogens with zero attached hydrogens (tertiary/aromatic N) is 3. The molecule has 1 amide bonds. The predicted molar refractivity (Wildman–Crippen MR) is 146 cm³/mol. The van der Waals surface area contributed by atoms with Gasteiger partial charge in [-0.05, 0) is 48.7 Å². The number of pyridine rings is 1. The molecule has 5 nitrogen and oxygen atoms in total. The van der Waals surface area contributed by atoms with Crippen molar-refractivity contribution >= 4 is 51.2 Å². The summed E-state index contributed by atoms with van der Waals surface area (Å²) in [6.07, 6.45) is 8.44. The average molecular weight is 500 g/mol. The van der Waals surface area contributed by atoms with Crippen molar-refractivity contribution in [2.24, 2.45) is 0 Å². The Balaban J connectivity index is 1.32. The van der Waals surface area contributed by atoms with Crippen LogP contribution < -0.4 is 4.74 Å². The van der Waals surface area contributed by atoms with Gasteiger partial charge in [0.25, 0.3) is 5.91 Å². The number of aromatic nitrogens is 2. The average Bonchev–Trinajstić information content (AvgIpc) is 3.35. The number of hydrogen-bond donors (Lipinski definition) is 0. The molecule has 0 unspecified atom stereocenters. The number of hydrogen-bond acceptors (Lipinski definition) is 5. The van der Waals surface area contributed by atoms with Gasteiger partial charge in [-0.1, -0.05) is 66.4 Å². The Morgan fingerprint density at radius 3 is 2.74 bits per heavy atom. The van der Waals surface area contributed by atoms with Crippen LogP contribution in [0.4, 0.5) is 0 Å². The summed E-state index contributed by atoms with van der Waals surface area (Å²) in [5, 5.41) is 1.12. The molecule has 0 saturated carbocycles. The summed E-state index contributed by atoms with van der Waals surface area (Å²) in [4.78, 5) is 19.6. The maximum Gasteiger partial charge on any atom is 0.266 e. The number of aryl methyl sites for hydroxylation is 2. The minimum atomic E-state index is -0.0627. The molecule has 2 aromatic heterocycles. The van der Waals surface area contributed by atoms with Crippen LogP contribution in [0.2, 0.25) is 0 Å². The molecule has 7 heteroatoms. The second kappa shape index (κ2) is 10.5. The molecule has 0 atom stereocenters. The first-order valence-electron chi connectivity index (χ1n) is 11.5. The molecule has 0 N–H and O–H groups in total. The Kier molecular flexibility index (Phi) is 6.97. The van der Waals surface area contributed by atoms with Crippen molar-refractivity contribution in [1.29, 1.82) is 0 Å². The van der Waals surface area contributed by atoms with Crippen LogP contribution in [0.1, 0.15) is 23.1 Å². The van der Waals surface area contributed by atoms with E-state index >= 15 is 0 Å². The third kappa shape index (κ3) is 5.16. The van der Waals surface area contributed by atoms with Crippen molar-refractivity contribution in [2.45, 2.75) is 26.4 Å². The van der Waals surface area contributed by atoms with Crippen LogP contribution >= 0.6 is 24.0 Å². The number of ether oxygens (including phenoxy) is 1. The molecular formula is C28H25N3O2S2. The Labute approximate surface area is 214 Å². The van der Waals surface area contributed by atoms with E-state index < -0.39 is 0 Å². The highest BCUT2D eigenvalue weighted by Crippen LogP contribution is 2.35. The highest BCUT2D eigenvalue weighted by molar-refractivity contribution is 8.26. The first-order valence-corrected chi connectivity index (χ1v) is 12.7. The van der Waals surface area contributed by atoms with Gasteiger partial charge in [0.1, 0.15) is 10.1 Å². The lowest BCUT2D eigenvalue weighted by Gasteiger charge is -2.13. The van der Waals surface area contributed by atoms with Crippen molar-refractivity contribution in [2.75, 3.05) is 6.61 Å². The number of carbonyl (C=O) groups excluding carboxylic acids is 1. The first-order chi connectivity index (χ1) is 17.1. The van der Waals surface area contributed by atoms with Gasteiger partial charge in [-0.2, -0.15) is 0 Å². The zero-order valence-corrected chi connectivity index (χ0v) is 21.0. The lowest BCUT2D eigenvalue weighted by molar-refractivity contribution is -0.122. The topological polar surface area (TPSA) is 47.4 Å². The number of fused-ring (bicyclic) bond motifs is 1. The third-order valence-electron chi connectivity index (χ3n) is 5.94. The van der Waals surface area contributed by atoms with E-state index in [1.54, 1.807) is 17.3 Å². The van der Waals surface area contributed by atoms with E-state index in [4.69, 9.17) is 17.0 Å². The number of thiocarbonyl (C=S) groups is 1. The summed E-state index contributed by atoms with van der Waals surface area (Å²) < 4.78 is 8.78. The van der Waals surface area contributed by atoms with Gasteiger partial charge in [-0.25, -0.2) is 0 Å². The normalized spacial score (nSPS) is 14.9. The van der Waals surface area contributed by atoms with Crippen molar-refractivity contribution in [3.8, 4) is 5.75 Å². The van der Waals surface area contributed by atoms with Crippen LogP contribution in [0, 0.1) is 6.92 Å². The summed E-state index contributed by atoms with van der Waals surface area (Å²) in [6, 6.07) is 20.2. The molecule has 1 aliphatic heterocycles. The fourth-order valence-electron chi connectivity index (χ4n) is 4.16. The van der Waals surface area contributed by atoms with Crippen LogP contribution in [0.25, 0.3) is 17.0 Å². The van der Waals surface area contributed by atoms with Gasteiger partial charge in [-0.15, -0.1) is 0 Å². The van der Waals surface area contributed by atoms with E-state index in [1.807, 2.05) is 48.5 Å². The minimum absolute atomic E-state index is 0.0627. The minimum Gasteiger partial charge on any atom is -0.493 e. The Bertz CT molecular complexity index is 1410. The standard InChI is InChI=1S/C28H25N3O2S2/c1-20-8-2-5-12-25(20)33-15-7-14-30-19-22(23-10-3-4-11-24(23)30)16-26-27(32)31(28(34)35-26)18-21-9-6-13-29-17-21/h2-6,8-13,16-17,19H,7,14-15,18H2,1H3/b26-16-. The molecule has 176 valence electrons. The van der Waals surface area contributed by atoms with Gasteiger partial charge in [-0.3, -0.25) is 14.7 Å². The number of benzene rings is 2. The summed E-state index contributed by atoms with van der Waals surface area (Å²) in [5.41, 5.74) is 4.25. The fraction of sp³-hybridized carbons (Fsp3) is 0.179. The van der Waals surface area contributed by atoms with E-state index in [9.17, 15) is 4.79 Å². The Hall–Kier alpha value is -3.42. The summed E-state index contributed by atoms with van der Waals surface area (Å²) in [6.45, 7) is 3.95. The van der Waals surface area contributed by atoms with Gasteiger partial charge in [0.05, 0.1) is 18.1 Å². The van der Waals surface area contributed by atoms with Crippen molar-refractivity contribution in [1.82, 2.24) is 14.5 Å². The number of rotatable bonds is 8. The maximum atomic E-state index is 13.1. The molecule has 0 bridgehead atoms. The molecule has 0 spiro atoms. The maximum absolute atomic E-state index is 13.1. The first kappa shape index (κ1) is 23.3. The molecule has 0 aliphatic carbocycles. The van der Waals surface area contributed by atoms with E-state index in [0.29, 0.717) is 22.4 Å². The highest BCUT2D eigenvalue weighted by atomic mass is 32.2. The number of thioether (sulfide) groups is 1. The molecule has 5 rings (SSSR count). The molecule has 1 saturated heterocycles. The second-order valence-corrected chi connectivity index (χ2v) is 10.1. The predicted octanol–water partition coefficient (Wildman–Crippen LogP) is 6.22.